The minimum atomic E-state index is -0.239. The summed E-state index contributed by atoms with van der Waals surface area (Å²) >= 11 is 0. The molecule has 0 aliphatic carbocycles. The van der Waals surface area contributed by atoms with E-state index in [0.29, 0.717) is 0 Å². The van der Waals surface area contributed by atoms with Gasteiger partial charge < -0.3 is 9.64 Å². The minimum absolute atomic E-state index is 0.0914. The third-order valence-electron chi connectivity index (χ3n) is 2.42. The van der Waals surface area contributed by atoms with E-state index in [1.807, 2.05) is 25.7 Å². The largest absolute Gasteiger partial charge is 0.366 e. The zero-order valence-corrected chi connectivity index (χ0v) is 10.2. The molecule has 3 nitrogen and oxygen atoms in total. The van der Waals surface area contributed by atoms with Crippen LogP contribution in [0.4, 0.5) is 0 Å². The summed E-state index contributed by atoms with van der Waals surface area (Å²) in [6.07, 6.45) is 3.10. The zero-order chi connectivity index (χ0) is 11.5. The molecular weight excluding hydrogens is 190 g/mol. The van der Waals surface area contributed by atoms with Crippen molar-refractivity contribution in [1.82, 2.24) is 4.90 Å². The molecule has 0 saturated carbocycles. The Balaban J connectivity index is 2.36. The van der Waals surface area contributed by atoms with Crippen molar-refractivity contribution in [3.63, 3.8) is 0 Å². The highest BCUT2D eigenvalue weighted by molar-refractivity contribution is 5.77. The van der Waals surface area contributed by atoms with E-state index in [1.165, 1.54) is 5.57 Å². The fourth-order valence-electron chi connectivity index (χ4n) is 1.37. The maximum atomic E-state index is 11.7. The highest BCUT2D eigenvalue weighted by Crippen LogP contribution is 2.11. The van der Waals surface area contributed by atoms with Gasteiger partial charge in [0.05, 0.1) is 5.60 Å². The first-order chi connectivity index (χ1) is 6.88. The fourth-order valence-corrected chi connectivity index (χ4v) is 1.37. The first-order valence-corrected chi connectivity index (χ1v) is 5.46. The van der Waals surface area contributed by atoms with Crippen molar-refractivity contribution in [2.24, 2.45) is 0 Å². The van der Waals surface area contributed by atoms with Crippen LogP contribution in [0, 0.1) is 0 Å². The Kier molecular flexibility index (Phi) is 3.91. The van der Waals surface area contributed by atoms with Crippen molar-refractivity contribution in [3.05, 3.63) is 11.6 Å². The van der Waals surface area contributed by atoms with E-state index in [9.17, 15) is 4.79 Å². The van der Waals surface area contributed by atoms with Crippen LogP contribution in [0.5, 0.6) is 0 Å². The second kappa shape index (κ2) is 4.79. The third-order valence-corrected chi connectivity index (χ3v) is 2.42. The second-order valence-corrected chi connectivity index (χ2v) is 5.04. The van der Waals surface area contributed by atoms with Crippen LogP contribution in [-0.2, 0) is 9.53 Å². The van der Waals surface area contributed by atoms with E-state index in [1.54, 1.807) is 0 Å². The van der Waals surface area contributed by atoms with E-state index < -0.39 is 0 Å². The van der Waals surface area contributed by atoms with E-state index in [-0.39, 0.29) is 18.1 Å². The average Bonchev–Trinajstić information content (AvgIpc) is 2.14. The van der Waals surface area contributed by atoms with Gasteiger partial charge in [0.15, 0.2) is 0 Å². The van der Waals surface area contributed by atoms with Crippen LogP contribution in [0.25, 0.3) is 0 Å². The van der Waals surface area contributed by atoms with Gasteiger partial charge in [0, 0.05) is 13.1 Å². The van der Waals surface area contributed by atoms with Gasteiger partial charge in [-0.05, 0) is 34.1 Å². The molecule has 1 aliphatic rings. The Morgan fingerprint density at radius 2 is 2.20 bits per heavy atom. The van der Waals surface area contributed by atoms with Gasteiger partial charge in [0.25, 0.3) is 0 Å². The SMILES string of the molecule is CC1=CCN(C(=O)COC(C)(C)C)CC1. The molecule has 0 N–H and O–H groups in total. The summed E-state index contributed by atoms with van der Waals surface area (Å²) in [5.74, 6) is 0.0914. The standard InChI is InChI=1S/C12H21NO2/c1-10-5-7-13(8-6-10)11(14)9-15-12(2,3)4/h5H,6-9H2,1-4H3. The maximum Gasteiger partial charge on any atom is 0.248 e. The van der Waals surface area contributed by atoms with Crippen LogP contribution >= 0.6 is 0 Å². The smallest absolute Gasteiger partial charge is 0.248 e. The number of ether oxygens (including phenoxy) is 1. The highest BCUT2D eigenvalue weighted by atomic mass is 16.5. The van der Waals surface area contributed by atoms with Crippen LogP contribution in [0.3, 0.4) is 0 Å². The summed E-state index contributed by atoms with van der Waals surface area (Å²) in [7, 11) is 0. The quantitative estimate of drug-likeness (QED) is 0.654. The highest BCUT2D eigenvalue weighted by Gasteiger charge is 2.18. The Hall–Kier alpha value is -0.830. The van der Waals surface area contributed by atoms with Gasteiger partial charge in [-0.1, -0.05) is 11.6 Å². The molecule has 0 spiro atoms. The minimum Gasteiger partial charge on any atom is -0.366 e. The molecule has 3 heteroatoms. The molecule has 1 amide bonds. The van der Waals surface area contributed by atoms with Crippen molar-refractivity contribution < 1.29 is 9.53 Å². The summed E-state index contributed by atoms with van der Waals surface area (Å²) in [6.45, 7) is 9.73. The predicted molar refractivity (Wildman–Crippen MR) is 60.7 cm³/mol. The number of nitrogens with zero attached hydrogens (tertiary/aromatic N) is 1. The van der Waals surface area contributed by atoms with E-state index in [4.69, 9.17) is 4.74 Å². The lowest BCUT2D eigenvalue weighted by Crippen LogP contribution is -2.38. The molecule has 0 aromatic carbocycles. The monoisotopic (exact) mass is 211 g/mol. The van der Waals surface area contributed by atoms with Crippen LogP contribution in [0.2, 0.25) is 0 Å². The number of carbonyl (C=O) groups is 1. The van der Waals surface area contributed by atoms with Crippen molar-refractivity contribution >= 4 is 5.91 Å². The molecule has 1 aliphatic heterocycles. The molecule has 86 valence electrons. The number of amides is 1. The predicted octanol–water partition coefficient (Wildman–Crippen LogP) is 1.98. The Morgan fingerprint density at radius 1 is 1.53 bits per heavy atom. The molecule has 1 heterocycles. The lowest BCUT2D eigenvalue weighted by atomic mass is 10.1. The summed E-state index contributed by atoms with van der Waals surface area (Å²) in [6, 6.07) is 0. The van der Waals surface area contributed by atoms with Crippen molar-refractivity contribution in [2.45, 2.75) is 39.7 Å². The first-order valence-electron chi connectivity index (χ1n) is 5.46. The number of hydrogen-bond acceptors (Lipinski definition) is 2. The molecule has 15 heavy (non-hydrogen) atoms. The van der Waals surface area contributed by atoms with Crippen molar-refractivity contribution in [3.8, 4) is 0 Å². The van der Waals surface area contributed by atoms with E-state index >= 15 is 0 Å². The van der Waals surface area contributed by atoms with E-state index in [2.05, 4.69) is 13.0 Å². The normalized spacial score (nSPS) is 17.6. The van der Waals surface area contributed by atoms with Crippen LogP contribution in [-0.4, -0.2) is 36.1 Å². The molecule has 1 rings (SSSR count). The maximum absolute atomic E-state index is 11.7. The summed E-state index contributed by atoms with van der Waals surface area (Å²) < 4.78 is 5.46. The molecule has 0 saturated heterocycles. The van der Waals surface area contributed by atoms with Gasteiger partial charge >= 0.3 is 0 Å². The van der Waals surface area contributed by atoms with Gasteiger partial charge in [-0.2, -0.15) is 0 Å². The lowest BCUT2D eigenvalue weighted by Gasteiger charge is -2.27. The Bertz CT molecular complexity index is 263. The molecule has 0 radical (unpaired) electrons. The Labute approximate surface area is 92.1 Å². The van der Waals surface area contributed by atoms with Gasteiger partial charge in [0.2, 0.25) is 5.91 Å². The summed E-state index contributed by atoms with van der Waals surface area (Å²) in [5.41, 5.74) is 1.13. The number of carbonyl (C=O) groups excluding carboxylic acids is 1. The number of rotatable bonds is 2. The van der Waals surface area contributed by atoms with Gasteiger partial charge in [0.1, 0.15) is 6.61 Å². The molecule has 0 bridgehead atoms. The van der Waals surface area contributed by atoms with Crippen LogP contribution in [0.15, 0.2) is 11.6 Å². The van der Waals surface area contributed by atoms with Gasteiger partial charge in [-0.25, -0.2) is 0 Å². The summed E-state index contributed by atoms with van der Waals surface area (Å²) in [4.78, 5) is 13.6. The van der Waals surface area contributed by atoms with E-state index in [0.717, 1.165) is 19.5 Å². The Morgan fingerprint density at radius 3 is 2.67 bits per heavy atom. The molecular formula is C12H21NO2. The third kappa shape index (κ3) is 4.47. The zero-order valence-electron chi connectivity index (χ0n) is 10.2. The fraction of sp³-hybridized carbons (Fsp3) is 0.750. The lowest BCUT2D eigenvalue weighted by molar-refractivity contribution is -0.140. The van der Waals surface area contributed by atoms with Crippen LogP contribution in [0.1, 0.15) is 34.1 Å². The topological polar surface area (TPSA) is 29.5 Å². The van der Waals surface area contributed by atoms with Crippen molar-refractivity contribution in [1.29, 1.82) is 0 Å². The second-order valence-electron chi connectivity index (χ2n) is 5.04. The van der Waals surface area contributed by atoms with Crippen molar-refractivity contribution in [2.75, 3.05) is 19.7 Å². The first kappa shape index (κ1) is 12.2. The molecule has 0 atom stereocenters. The molecule has 0 fully saturated rings. The summed E-state index contributed by atoms with van der Waals surface area (Å²) in [5, 5.41) is 0. The molecule has 0 aromatic rings. The average molecular weight is 211 g/mol. The molecule has 0 aromatic heterocycles. The molecule has 0 unspecified atom stereocenters. The van der Waals surface area contributed by atoms with Gasteiger partial charge in [-0.15, -0.1) is 0 Å². The van der Waals surface area contributed by atoms with Gasteiger partial charge in [-0.3, -0.25) is 4.79 Å². The number of hydrogen-bond donors (Lipinski definition) is 0. The van der Waals surface area contributed by atoms with Crippen LogP contribution < -0.4 is 0 Å².